The summed E-state index contributed by atoms with van der Waals surface area (Å²) in [5.41, 5.74) is 3.82. The van der Waals surface area contributed by atoms with Gasteiger partial charge >= 0.3 is 5.97 Å². The third-order valence-electron chi connectivity index (χ3n) is 4.19. The average Bonchev–Trinajstić information content (AvgIpc) is 2.94. The van der Waals surface area contributed by atoms with Gasteiger partial charge in [-0.15, -0.1) is 0 Å². The van der Waals surface area contributed by atoms with Crippen molar-refractivity contribution in [2.45, 2.75) is 27.2 Å². The smallest absolute Gasteiger partial charge is 0.335 e. The quantitative estimate of drug-likeness (QED) is 0.692. The van der Waals surface area contributed by atoms with E-state index in [1.807, 2.05) is 20.8 Å². The van der Waals surface area contributed by atoms with Crippen LogP contribution >= 0.6 is 0 Å². The van der Waals surface area contributed by atoms with Gasteiger partial charge in [0.25, 0.3) is 0 Å². The minimum absolute atomic E-state index is 0.0398. The minimum Gasteiger partial charge on any atom is -0.478 e. The van der Waals surface area contributed by atoms with Gasteiger partial charge in [-0.05, 0) is 37.1 Å². The SMILES string of the molecule is CCC(=O)c1cn2ncnc(Nc3cc(C(=O)O)ccc3C)c2c1C. The van der Waals surface area contributed by atoms with Gasteiger partial charge in [-0.3, -0.25) is 4.79 Å². The standard InChI is InChI=1S/C18H18N4O3/c1-4-15(23)13-8-22-16(11(13)3)17(19-9-20-22)21-14-7-12(18(24)25)6-5-10(14)2/h5-9H,4H2,1-3H3,(H,24,25)(H,19,20,21). The summed E-state index contributed by atoms with van der Waals surface area (Å²) in [6, 6.07) is 4.85. The molecule has 1 aromatic carbocycles. The number of carboxylic acids is 1. The number of rotatable bonds is 5. The van der Waals surface area contributed by atoms with Gasteiger partial charge in [0.2, 0.25) is 0 Å². The van der Waals surface area contributed by atoms with Crippen LogP contribution in [-0.2, 0) is 0 Å². The number of aromatic carboxylic acids is 1. The summed E-state index contributed by atoms with van der Waals surface area (Å²) in [5.74, 6) is -0.433. The number of benzene rings is 1. The van der Waals surface area contributed by atoms with Crippen molar-refractivity contribution in [2.75, 3.05) is 5.32 Å². The van der Waals surface area contributed by atoms with Crippen LogP contribution in [-0.4, -0.2) is 31.5 Å². The van der Waals surface area contributed by atoms with Gasteiger partial charge in [-0.25, -0.2) is 14.3 Å². The molecule has 0 aliphatic carbocycles. The Morgan fingerprint density at radius 2 is 2.04 bits per heavy atom. The second kappa shape index (κ2) is 6.35. The Labute approximate surface area is 144 Å². The summed E-state index contributed by atoms with van der Waals surface area (Å²) in [6.45, 7) is 5.55. The van der Waals surface area contributed by atoms with Gasteiger partial charge in [0.15, 0.2) is 11.6 Å². The maximum Gasteiger partial charge on any atom is 0.335 e. The molecule has 0 bridgehead atoms. The van der Waals surface area contributed by atoms with Crippen molar-refractivity contribution in [3.63, 3.8) is 0 Å². The topological polar surface area (TPSA) is 96.6 Å². The lowest BCUT2D eigenvalue weighted by molar-refractivity contribution is 0.0696. The zero-order valence-electron chi connectivity index (χ0n) is 14.2. The molecule has 2 N–H and O–H groups in total. The molecule has 0 atom stereocenters. The molecular formula is C18H18N4O3. The highest BCUT2D eigenvalue weighted by molar-refractivity contribution is 6.00. The lowest BCUT2D eigenvalue weighted by Gasteiger charge is -2.11. The number of aromatic nitrogens is 3. The maximum absolute atomic E-state index is 12.1. The van der Waals surface area contributed by atoms with Gasteiger partial charge in [0.05, 0.1) is 5.56 Å². The molecule has 128 valence electrons. The van der Waals surface area contributed by atoms with Gasteiger partial charge in [0.1, 0.15) is 11.8 Å². The van der Waals surface area contributed by atoms with Crippen LogP contribution in [0, 0.1) is 13.8 Å². The molecular weight excluding hydrogens is 320 g/mol. The van der Waals surface area contributed by atoms with Gasteiger partial charge in [-0.1, -0.05) is 13.0 Å². The molecule has 2 aromatic heterocycles. The van der Waals surface area contributed by atoms with Crippen LogP contribution in [0.1, 0.15) is 45.2 Å². The fourth-order valence-electron chi connectivity index (χ4n) is 2.74. The van der Waals surface area contributed by atoms with Crippen LogP contribution in [0.4, 0.5) is 11.5 Å². The molecule has 7 heteroatoms. The van der Waals surface area contributed by atoms with Gasteiger partial charge in [0, 0.05) is 23.9 Å². The van der Waals surface area contributed by atoms with E-state index in [-0.39, 0.29) is 11.3 Å². The highest BCUT2D eigenvalue weighted by Crippen LogP contribution is 2.27. The number of nitrogens with zero attached hydrogens (tertiary/aromatic N) is 3. The molecule has 0 radical (unpaired) electrons. The molecule has 0 saturated carbocycles. The predicted molar refractivity (Wildman–Crippen MR) is 93.8 cm³/mol. The van der Waals surface area contributed by atoms with Crippen molar-refractivity contribution in [2.24, 2.45) is 0 Å². The number of carbonyl (C=O) groups excluding carboxylic acids is 1. The van der Waals surface area contributed by atoms with Crippen LogP contribution in [0.15, 0.2) is 30.7 Å². The fourth-order valence-corrected chi connectivity index (χ4v) is 2.74. The van der Waals surface area contributed by atoms with Crippen LogP contribution in [0.25, 0.3) is 5.52 Å². The highest BCUT2D eigenvalue weighted by Gasteiger charge is 2.17. The van der Waals surface area contributed by atoms with Gasteiger partial charge in [-0.2, -0.15) is 5.10 Å². The molecule has 0 fully saturated rings. The number of aryl methyl sites for hydroxylation is 2. The van der Waals surface area contributed by atoms with E-state index in [1.54, 1.807) is 28.9 Å². The number of hydrogen-bond donors (Lipinski definition) is 2. The first-order chi connectivity index (χ1) is 11.9. The normalized spacial score (nSPS) is 10.8. The summed E-state index contributed by atoms with van der Waals surface area (Å²) in [7, 11) is 0. The first-order valence-electron chi connectivity index (χ1n) is 7.89. The van der Waals surface area contributed by atoms with E-state index in [4.69, 9.17) is 0 Å². The number of carbonyl (C=O) groups is 2. The Kier molecular flexibility index (Phi) is 4.22. The first-order valence-corrected chi connectivity index (χ1v) is 7.89. The van der Waals surface area contributed by atoms with Crippen molar-refractivity contribution < 1.29 is 14.7 Å². The number of fused-ring (bicyclic) bond motifs is 1. The van der Waals surface area contributed by atoms with Crippen LogP contribution in [0.5, 0.6) is 0 Å². The molecule has 0 aliphatic rings. The van der Waals surface area contributed by atoms with E-state index in [9.17, 15) is 14.7 Å². The Balaban J connectivity index is 2.11. The first kappa shape index (κ1) is 16.6. The zero-order chi connectivity index (χ0) is 18.1. The van der Waals surface area contributed by atoms with Crippen molar-refractivity contribution in [1.82, 2.24) is 14.6 Å². The maximum atomic E-state index is 12.1. The molecule has 3 rings (SSSR count). The monoisotopic (exact) mass is 338 g/mol. The summed E-state index contributed by atoms with van der Waals surface area (Å²) in [6.07, 6.45) is 3.50. The summed E-state index contributed by atoms with van der Waals surface area (Å²) in [4.78, 5) is 27.6. The summed E-state index contributed by atoms with van der Waals surface area (Å²) >= 11 is 0. The summed E-state index contributed by atoms with van der Waals surface area (Å²) in [5, 5.41) is 16.5. The third kappa shape index (κ3) is 2.96. The lowest BCUT2D eigenvalue weighted by Crippen LogP contribution is -2.03. The van der Waals surface area contributed by atoms with E-state index in [2.05, 4.69) is 15.4 Å². The highest BCUT2D eigenvalue weighted by atomic mass is 16.4. The van der Waals surface area contributed by atoms with Crippen molar-refractivity contribution >= 4 is 28.8 Å². The van der Waals surface area contributed by atoms with Crippen LogP contribution in [0.2, 0.25) is 0 Å². The average molecular weight is 338 g/mol. The van der Waals surface area contributed by atoms with E-state index in [0.29, 0.717) is 29.0 Å². The predicted octanol–water partition coefficient (Wildman–Crippen LogP) is 3.38. The second-order valence-electron chi connectivity index (χ2n) is 5.81. The Bertz CT molecular complexity index is 991. The number of ketones is 1. The number of anilines is 2. The largest absolute Gasteiger partial charge is 0.478 e. The van der Waals surface area contributed by atoms with Crippen molar-refractivity contribution in [3.8, 4) is 0 Å². The Hall–Kier alpha value is -3.22. The third-order valence-corrected chi connectivity index (χ3v) is 4.19. The molecule has 7 nitrogen and oxygen atoms in total. The van der Waals surface area contributed by atoms with E-state index in [0.717, 1.165) is 11.1 Å². The minimum atomic E-state index is -0.995. The van der Waals surface area contributed by atoms with E-state index >= 15 is 0 Å². The number of carboxylic acid groups (broad SMARTS) is 1. The fraction of sp³-hybridized carbons (Fsp3) is 0.222. The van der Waals surface area contributed by atoms with Crippen molar-refractivity contribution in [3.05, 3.63) is 53.0 Å². The molecule has 0 saturated heterocycles. The summed E-state index contributed by atoms with van der Waals surface area (Å²) < 4.78 is 1.62. The zero-order valence-corrected chi connectivity index (χ0v) is 14.2. The molecule has 2 heterocycles. The number of Topliss-reactive ketones (excluding diaryl/α,β-unsaturated/α-hetero) is 1. The van der Waals surface area contributed by atoms with E-state index < -0.39 is 5.97 Å². The number of nitrogens with one attached hydrogen (secondary N) is 1. The Morgan fingerprint density at radius 3 is 2.72 bits per heavy atom. The van der Waals surface area contributed by atoms with Gasteiger partial charge < -0.3 is 10.4 Å². The van der Waals surface area contributed by atoms with E-state index in [1.165, 1.54) is 6.33 Å². The second-order valence-corrected chi connectivity index (χ2v) is 5.81. The molecule has 0 unspecified atom stereocenters. The van der Waals surface area contributed by atoms with Crippen LogP contribution < -0.4 is 5.32 Å². The Morgan fingerprint density at radius 1 is 1.28 bits per heavy atom. The van der Waals surface area contributed by atoms with Crippen LogP contribution in [0.3, 0.4) is 0 Å². The molecule has 0 spiro atoms. The molecule has 25 heavy (non-hydrogen) atoms. The van der Waals surface area contributed by atoms with Crippen molar-refractivity contribution in [1.29, 1.82) is 0 Å². The molecule has 3 aromatic rings. The molecule has 0 aliphatic heterocycles. The number of hydrogen-bond acceptors (Lipinski definition) is 5. The lowest BCUT2D eigenvalue weighted by atomic mass is 10.1. The molecule has 0 amide bonds.